The molecule has 0 fully saturated rings. The molecule has 0 aliphatic heterocycles. The predicted molar refractivity (Wildman–Crippen MR) is 129 cm³/mol. The summed E-state index contributed by atoms with van der Waals surface area (Å²) >= 11 is 3.51. The largest absolute Gasteiger partial charge is 0.490 e. The predicted octanol–water partition coefficient (Wildman–Crippen LogP) is 4.54. The molecule has 2 rings (SSSR count). The van der Waals surface area contributed by atoms with Crippen LogP contribution in [0.2, 0.25) is 0 Å². The summed E-state index contributed by atoms with van der Waals surface area (Å²) in [7, 11) is 0. The fourth-order valence-corrected chi connectivity index (χ4v) is 3.42. The van der Waals surface area contributed by atoms with Crippen LogP contribution in [0.15, 0.2) is 52.0 Å². The standard InChI is InChI=1S/C24H30BrN3O4/c1-6-31-20-13-17(12-19(25)22(20)32-16(4)5)14-26-28-24(30)21(15(2)3)27-23(29)18-10-8-7-9-11-18/h7-16,21H,6H2,1-5H3,(H,27,29)(H,28,30). The minimum Gasteiger partial charge on any atom is -0.490 e. The molecule has 0 bridgehead atoms. The molecule has 2 aromatic carbocycles. The molecule has 2 amide bonds. The quantitative estimate of drug-likeness (QED) is 0.367. The van der Waals surface area contributed by atoms with Gasteiger partial charge in [0.15, 0.2) is 11.5 Å². The van der Waals surface area contributed by atoms with Crippen molar-refractivity contribution in [2.75, 3.05) is 6.61 Å². The van der Waals surface area contributed by atoms with Crippen LogP contribution in [0.1, 0.15) is 50.5 Å². The van der Waals surface area contributed by atoms with Gasteiger partial charge in [0.1, 0.15) is 6.04 Å². The molecular weight excluding hydrogens is 474 g/mol. The number of hydrogen-bond donors (Lipinski definition) is 2. The second-order valence-electron chi connectivity index (χ2n) is 7.73. The van der Waals surface area contributed by atoms with E-state index < -0.39 is 11.9 Å². The van der Waals surface area contributed by atoms with Crippen LogP contribution >= 0.6 is 15.9 Å². The lowest BCUT2D eigenvalue weighted by atomic mass is 10.0. The average Bonchev–Trinajstić information content (AvgIpc) is 2.74. The molecule has 0 spiro atoms. The zero-order chi connectivity index (χ0) is 23.7. The van der Waals surface area contributed by atoms with Gasteiger partial charge in [0.25, 0.3) is 11.8 Å². The summed E-state index contributed by atoms with van der Waals surface area (Å²) < 4.78 is 12.2. The fraction of sp³-hybridized carbons (Fsp3) is 0.375. The third-order valence-corrected chi connectivity index (χ3v) is 4.93. The van der Waals surface area contributed by atoms with E-state index in [1.165, 1.54) is 6.21 Å². The smallest absolute Gasteiger partial charge is 0.262 e. The fourth-order valence-electron chi connectivity index (χ4n) is 2.86. The van der Waals surface area contributed by atoms with E-state index in [9.17, 15) is 9.59 Å². The Balaban J connectivity index is 2.10. The van der Waals surface area contributed by atoms with E-state index in [1.807, 2.05) is 46.8 Å². The van der Waals surface area contributed by atoms with Crippen molar-refractivity contribution in [1.29, 1.82) is 0 Å². The van der Waals surface area contributed by atoms with E-state index in [-0.39, 0.29) is 17.9 Å². The molecular formula is C24H30BrN3O4. The summed E-state index contributed by atoms with van der Waals surface area (Å²) in [5.41, 5.74) is 3.72. The van der Waals surface area contributed by atoms with Gasteiger partial charge in [-0.1, -0.05) is 32.0 Å². The van der Waals surface area contributed by atoms with E-state index in [2.05, 4.69) is 31.8 Å². The van der Waals surface area contributed by atoms with Gasteiger partial charge in [0.05, 0.1) is 23.4 Å². The molecule has 0 aliphatic carbocycles. The number of halogens is 1. The van der Waals surface area contributed by atoms with Gasteiger partial charge in [0, 0.05) is 5.56 Å². The van der Waals surface area contributed by atoms with Gasteiger partial charge in [0.2, 0.25) is 0 Å². The SMILES string of the molecule is CCOc1cc(C=NNC(=O)C(NC(=O)c2ccccc2)C(C)C)cc(Br)c1OC(C)C. The van der Waals surface area contributed by atoms with Crippen molar-refractivity contribution < 1.29 is 19.1 Å². The Kier molecular flexibility index (Phi) is 9.71. The molecule has 8 heteroatoms. The van der Waals surface area contributed by atoms with Crippen LogP contribution in [0.3, 0.4) is 0 Å². The number of amides is 2. The third kappa shape index (κ3) is 7.37. The molecule has 0 aliphatic rings. The van der Waals surface area contributed by atoms with Crippen molar-refractivity contribution in [3.8, 4) is 11.5 Å². The van der Waals surface area contributed by atoms with E-state index in [0.29, 0.717) is 29.2 Å². The number of carbonyl (C=O) groups is 2. The Morgan fingerprint density at radius 2 is 1.81 bits per heavy atom. The van der Waals surface area contributed by atoms with Crippen molar-refractivity contribution in [2.24, 2.45) is 11.0 Å². The number of ether oxygens (including phenoxy) is 2. The Labute approximate surface area is 197 Å². The Morgan fingerprint density at radius 3 is 2.41 bits per heavy atom. The first-order chi connectivity index (χ1) is 15.2. The zero-order valence-corrected chi connectivity index (χ0v) is 20.6. The minimum atomic E-state index is -0.729. The van der Waals surface area contributed by atoms with Crippen molar-refractivity contribution in [2.45, 2.75) is 46.8 Å². The second-order valence-corrected chi connectivity index (χ2v) is 8.58. The van der Waals surface area contributed by atoms with Crippen LogP contribution in [-0.2, 0) is 4.79 Å². The first-order valence-electron chi connectivity index (χ1n) is 10.5. The van der Waals surface area contributed by atoms with Crippen LogP contribution in [0.4, 0.5) is 0 Å². The molecule has 0 heterocycles. The van der Waals surface area contributed by atoms with Crippen LogP contribution < -0.4 is 20.2 Å². The molecule has 0 saturated carbocycles. The molecule has 1 atom stereocenters. The molecule has 7 nitrogen and oxygen atoms in total. The first-order valence-corrected chi connectivity index (χ1v) is 11.3. The van der Waals surface area contributed by atoms with Gasteiger partial charge in [-0.2, -0.15) is 5.10 Å². The normalized spacial score (nSPS) is 12.1. The van der Waals surface area contributed by atoms with Gasteiger partial charge >= 0.3 is 0 Å². The molecule has 1 unspecified atom stereocenters. The monoisotopic (exact) mass is 503 g/mol. The summed E-state index contributed by atoms with van der Waals surface area (Å²) in [6.45, 7) is 9.97. The van der Waals surface area contributed by atoms with Gasteiger partial charge in [-0.3, -0.25) is 9.59 Å². The van der Waals surface area contributed by atoms with Crippen molar-refractivity contribution >= 4 is 34.0 Å². The zero-order valence-electron chi connectivity index (χ0n) is 19.0. The summed E-state index contributed by atoms with van der Waals surface area (Å²) in [4.78, 5) is 25.1. The molecule has 0 aromatic heterocycles. The third-order valence-electron chi connectivity index (χ3n) is 4.35. The van der Waals surface area contributed by atoms with Crippen molar-refractivity contribution in [1.82, 2.24) is 10.7 Å². The summed E-state index contributed by atoms with van der Waals surface area (Å²) in [6, 6.07) is 11.7. The van der Waals surface area contributed by atoms with Crippen LogP contribution in [0.5, 0.6) is 11.5 Å². The number of nitrogens with zero attached hydrogens (tertiary/aromatic N) is 1. The highest BCUT2D eigenvalue weighted by Crippen LogP contribution is 2.37. The van der Waals surface area contributed by atoms with Crippen LogP contribution in [-0.4, -0.2) is 36.8 Å². The number of hydrazone groups is 1. The number of benzene rings is 2. The Morgan fingerprint density at radius 1 is 1.12 bits per heavy atom. The summed E-state index contributed by atoms with van der Waals surface area (Å²) in [6.07, 6.45) is 1.50. The number of carbonyl (C=O) groups excluding carboxylic acids is 2. The maximum atomic E-state index is 12.7. The van der Waals surface area contributed by atoms with Crippen LogP contribution in [0.25, 0.3) is 0 Å². The molecule has 172 valence electrons. The molecule has 2 aromatic rings. The van der Waals surface area contributed by atoms with Gasteiger partial charge in [-0.25, -0.2) is 5.43 Å². The van der Waals surface area contributed by atoms with E-state index >= 15 is 0 Å². The Bertz CT molecular complexity index is 946. The number of nitrogens with one attached hydrogen (secondary N) is 2. The summed E-state index contributed by atoms with van der Waals surface area (Å²) in [5.74, 6) is 0.368. The van der Waals surface area contributed by atoms with Gasteiger partial charge < -0.3 is 14.8 Å². The van der Waals surface area contributed by atoms with Crippen molar-refractivity contribution in [3.63, 3.8) is 0 Å². The van der Waals surface area contributed by atoms with Crippen LogP contribution in [0, 0.1) is 5.92 Å². The van der Waals surface area contributed by atoms with Crippen molar-refractivity contribution in [3.05, 3.63) is 58.1 Å². The summed E-state index contributed by atoms with van der Waals surface area (Å²) in [5, 5.41) is 6.84. The molecule has 0 saturated heterocycles. The van der Waals surface area contributed by atoms with Gasteiger partial charge in [-0.05, 0) is 72.4 Å². The van der Waals surface area contributed by atoms with E-state index in [0.717, 1.165) is 4.47 Å². The maximum Gasteiger partial charge on any atom is 0.262 e. The van der Waals surface area contributed by atoms with E-state index in [4.69, 9.17) is 9.47 Å². The number of rotatable bonds is 10. The molecule has 2 N–H and O–H groups in total. The topological polar surface area (TPSA) is 89.0 Å². The highest BCUT2D eigenvalue weighted by molar-refractivity contribution is 9.10. The molecule has 0 radical (unpaired) electrons. The lowest BCUT2D eigenvalue weighted by molar-refractivity contribution is -0.123. The average molecular weight is 504 g/mol. The van der Waals surface area contributed by atoms with Gasteiger partial charge in [-0.15, -0.1) is 0 Å². The lowest BCUT2D eigenvalue weighted by Crippen LogP contribution is -2.48. The first kappa shape index (κ1) is 25.4. The molecule has 32 heavy (non-hydrogen) atoms. The minimum absolute atomic E-state index is 0.0108. The second kappa shape index (κ2) is 12.2. The van der Waals surface area contributed by atoms with E-state index in [1.54, 1.807) is 30.3 Å². The highest BCUT2D eigenvalue weighted by Gasteiger charge is 2.24. The Hall–Kier alpha value is -2.87. The maximum absolute atomic E-state index is 12.7. The lowest BCUT2D eigenvalue weighted by Gasteiger charge is -2.20. The number of hydrogen-bond acceptors (Lipinski definition) is 5. The highest BCUT2D eigenvalue weighted by atomic mass is 79.9.